The summed E-state index contributed by atoms with van der Waals surface area (Å²) >= 11 is 0. The Labute approximate surface area is 96.3 Å². The second-order valence-electron chi connectivity index (χ2n) is 3.85. The number of rotatable bonds is 3. The molecule has 0 radical (unpaired) electrons. The Morgan fingerprint density at radius 3 is 2.65 bits per heavy atom. The van der Waals surface area contributed by atoms with Gasteiger partial charge in [-0.2, -0.15) is 0 Å². The van der Waals surface area contributed by atoms with Crippen LogP contribution >= 0.6 is 0 Å². The van der Waals surface area contributed by atoms with Crippen LogP contribution in [0.4, 0.5) is 0 Å². The number of benzene rings is 1. The van der Waals surface area contributed by atoms with Crippen LogP contribution in [0.3, 0.4) is 0 Å². The average molecular weight is 236 g/mol. The van der Waals surface area contributed by atoms with Crippen molar-refractivity contribution in [3.63, 3.8) is 0 Å². The van der Waals surface area contributed by atoms with Gasteiger partial charge in [0.05, 0.1) is 0 Å². The number of aromatic nitrogens is 1. The largest absolute Gasteiger partial charge is 0.504 e. The number of carboxylic acid groups (broad SMARTS) is 1. The van der Waals surface area contributed by atoms with Crippen LogP contribution in [0.5, 0.6) is 11.5 Å². The molecule has 1 unspecified atom stereocenters. The third-order valence-electron chi connectivity index (χ3n) is 2.62. The molecular formula is C11H12N2O4. The van der Waals surface area contributed by atoms with Gasteiger partial charge in [-0.25, -0.2) is 0 Å². The summed E-state index contributed by atoms with van der Waals surface area (Å²) in [7, 11) is 0. The fourth-order valence-corrected chi connectivity index (χ4v) is 1.70. The fraction of sp³-hybridized carbons (Fsp3) is 0.182. The van der Waals surface area contributed by atoms with E-state index in [2.05, 4.69) is 4.98 Å². The quantitative estimate of drug-likeness (QED) is 0.498. The van der Waals surface area contributed by atoms with E-state index in [4.69, 9.17) is 10.8 Å². The molecular weight excluding hydrogens is 224 g/mol. The normalized spacial score (nSPS) is 12.8. The monoisotopic (exact) mass is 236 g/mol. The van der Waals surface area contributed by atoms with E-state index in [1.807, 2.05) is 0 Å². The maximum Gasteiger partial charge on any atom is 0.320 e. The lowest BCUT2D eigenvalue weighted by Gasteiger charge is -2.05. The number of phenols is 2. The Kier molecular flexibility index (Phi) is 2.64. The first-order valence-corrected chi connectivity index (χ1v) is 4.99. The SMILES string of the molecule is NC(Cc1c[nH]c2cc(O)c(O)cc12)C(=O)O. The topological polar surface area (TPSA) is 120 Å². The minimum Gasteiger partial charge on any atom is -0.504 e. The first kappa shape index (κ1) is 11.3. The van der Waals surface area contributed by atoms with E-state index in [0.29, 0.717) is 16.5 Å². The van der Waals surface area contributed by atoms with E-state index in [1.54, 1.807) is 6.20 Å². The van der Waals surface area contributed by atoms with Crippen LogP contribution < -0.4 is 5.73 Å². The predicted molar refractivity (Wildman–Crippen MR) is 60.9 cm³/mol. The predicted octanol–water partition coefficient (Wildman–Crippen LogP) is 0.534. The third-order valence-corrected chi connectivity index (χ3v) is 2.62. The van der Waals surface area contributed by atoms with Gasteiger partial charge in [-0.3, -0.25) is 4.79 Å². The van der Waals surface area contributed by atoms with Gasteiger partial charge in [0.25, 0.3) is 0 Å². The number of H-pyrrole nitrogens is 1. The Morgan fingerprint density at radius 2 is 2.00 bits per heavy atom. The molecule has 90 valence electrons. The van der Waals surface area contributed by atoms with Crippen molar-refractivity contribution in [3.05, 3.63) is 23.9 Å². The van der Waals surface area contributed by atoms with Crippen molar-refractivity contribution < 1.29 is 20.1 Å². The second-order valence-corrected chi connectivity index (χ2v) is 3.85. The molecule has 0 saturated heterocycles. The molecule has 0 spiro atoms. The van der Waals surface area contributed by atoms with Crippen molar-refractivity contribution in [2.24, 2.45) is 5.73 Å². The highest BCUT2D eigenvalue weighted by atomic mass is 16.4. The Balaban J connectivity index is 2.42. The molecule has 1 aromatic heterocycles. The van der Waals surface area contributed by atoms with Crippen molar-refractivity contribution >= 4 is 16.9 Å². The van der Waals surface area contributed by atoms with Gasteiger partial charge in [0.2, 0.25) is 0 Å². The number of aromatic amines is 1. The molecule has 0 aliphatic heterocycles. The number of hydrogen-bond donors (Lipinski definition) is 5. The van der Waals surface area contributed by atoms with Gasteiger partial charge >= 0.3 is 5.97 Å². The minimum atomic E-state index is -1.08. The highest BCUT2D eigenvalue weighted by Crippen LogP contribution is 2.31. The van der Waals surface area contributed by atoms with Gasteiger partial charge in [-0.15, -0.1) is 0 Å². The average Bonchev–Trinajstić information content (AvgIpc) is 2.62. The lowest BCUT2D eigenvalue weighted by Crippen LogP contribution is -2.32. The molecule has 0 saturated carbocycles. The molecule has 1 atom stereocenters. The first-order valence-electron chi connectivity index (χ1n) is 4.99. The van der Waals surface area contributed by atoms with Crippen LogP contribution in [-0.2, 0) is 11.2 Å². The van der Waals surface area contributed by atoms with E-state index in [9.17, 15) is 15.0 Å². The van der Waals surface area contributed by atoms with Crippen molar-refractivity contribution in [3.8, 4) is 11.5 Å². The number of nitrogens with one attached hydrogen (secondary N) is 1. The van der Waals surface area contributed by atoms with E-state index >= 15 is 0 Å². The number of fused-ring (bicyclic) bond motifs is 1. The molecule has 6 N–H and O–H groups in total. The highest BCUT2D eigenvalue weighted by Gasteiger charge is 2.15. The van der Waals surface area contributed by atoms with Gasteiger partial charge in [0, 0.05) is 29.6 Å². The lowest BCUT2D eigenvalue weighted by molar-refractivity contribution is -0.138. The van der Waals surface area contributed by atoms with E-state index < -0.39 is 12.0 Å². The van der Waals surface area contributed by atoms with E-state index in [0.717, 1.165) is 0 Å². The molecule has 0 fully saturated rings. The number of nitrogens with two attached hydrogens (primary N) is 1. The second kappa shape index (κ2) is 3.99. The van der Waals surface area contributed by atoms with Gasteiger partial charge in [-0.1, -0.05) is 0 Å². The third kappa shape index (κ3) is 2.02. The van der Waals surface area contributed by atoms with Crippen LogP contribution in [0.15, 0.2) is 18.3 Å². The van der Waals surface area contributed by atoms with E-state index in [-0.39, 0.29) is 17.9 Å². The summed E-state index contributed by atoms with van der Waals surface area (Å²) in [5, 5.41) is 28.1. The van der Waals surface area contributed by atoms with E-state index in [1.165, 1.54) is 12.1 Å². The number of carbonyl (C=O) groups is 1. The number of hydrogen-bond acceptors (Lipinski definition) is 4. The molecule has 17 heavy (non-hydrogen) atoms. The Bertz CT molecular complexity index is 576. The molecule has 2 aromatic rings. The van der Waals surface area contributed by atoms with Gasteiger partial charge < -0.3 is 26.0 Å². The molecule has 6 heteroatoms. The summed E-state index contributed by atoms with van der Waals surface area (Å²) in [4.78, 5) is 13.5. The molecule has 1 aromatic carbocycles. The molecule has 2 rings (SSSR count). The summed E-state index contributed by atoms with van der Waals surface area (Å²) < 4.78 is 0. The van der Waals surface area contributed by atoms with Gasteiger partial charge in [0.1, 0.15) is 6.04 Å². The fourth-order valence-electron chi connectivity index (χ4n) is 1.70. The summed E-state index contributed by atoms with van der Waals surface area (Å²) in [6.07, 6.45) is 1.77. The highest BCUT2D eigenvalue weighted by molar-refractivity contribution is 5.87. The maximum atomic E-state index is 10.7. The zero-order chi connectivity index (χ0) is 12.6. The Hall–Kier alpha value is -2.21. The molecule has 0 amide bonds. The van der Waals surface area contributed by atoms with Crippen molar-refractivity contribution in [2.75, 3.05) is 0 Å². The van der Waals surface area contributed by atoms with Crippen LogP contribution in [0.2, 0.25) is 0 Å². The molecule has 1 heterocycles. The van der Waals surface area contributed by atoms with Crippen molar-refractivity contribution in [2.45, 2.75) is 12.5 Å². The van der Waals surface area contributed by atoms with Gasteiger partial charge in [0.15, 0.2) is 11.5 Å². The summed E-state index contributed by atoms with van der Waals surface area (Å²) in [5.41, 5.74) is 6.75. The maximum absolute atomic E-state index is 10.7. The van der Waals surface area contributed by atoms with Crippen LogP contribution in [0.25, 0.3) is 10.9 Å². The number of carboxylic acids is 1. The Morgan fingerprint density at radius 1 is 1.35 bits per heavy atom. The zero-order valence-corrected chi connectivity index (χ0v) is 8.84. The van der Waals surface area contributed by atoms with Gasteiger partial charge in [-0.05, 0) is 11.6 Å². The number of aromatic hydroxyl groups is 2. The number of phenolic OH excluding ortho intramolecular Hbond substituents is 2. The van der Waals surface area contributed by atoms with Crippen LogP contribution in [-0.4, -0.2) is 32.3 Å². The zero-order valence-electron chi connectivity index (χ0n) is 8.84. The van der Waals surface area contributed by atoms with Crippen LogP contribution in [0, 0.1) is 0 Å². The minimum absolute atomic E-state index is 0.152. The van der Waals surface area contributed by atoms with Crippen LogP contribution in [0.1, 0.15) is 5.56 Å². The molecule has 0 bridgehead atoms. The molecule has 6 nitrogen and oxygen atoms in total. The molecule has 0 aliphatic carbocycles. The summed E-state index contributed by atoms with van der Waals surface area (Å²) in [6, 6.07) is 1.76. The summed E-state index contributed by atoms with van der Waals surface area (Å²) in [6.45, 7) is 0. The summed E-state index contributed by atoms with van der Waals surface area (Å²) in [5.74, 6) is -1.56. The smallest absolute Gasteiger partial charge is 0.320 e. The van der Waals surface area contributed by atoms with Crippen molar-refractivity contribution in [1.82, 2.24) is 4.98 Å². The standard InChI is InChI=1S/C11H12N2O4/c12-7(11(16)17)1-5-4-13-8-3-10(15)9(14)2-6(5)8/h2-4,7,13-15H,1,12H2,(H,16,17). The first-order chi connectivity index (χ1) is 7.99. The number of aliphatic carboxylic acids is 1. The lowest BCUT2D eigenvalue weighted by atomic mass is 10.1. The van der Waals surface area contributed by atoms with Crippen molar-refractivity contribution in [1.29, 1.82) is 0 Å². The molecule has 0 aliphatic rings.